The fraction of sp³-hybridized carbons (Fsp3) is 0.440. The second-order valence-electron chi connectivity index (χ2n) is 9.10. The highest BCUT2D eigenvalue weighted by Gasteiger charge is 2.29. The Balaban J connectivity index is 1.41. The zero-order valence-corrected chi connectivity index (χ0v) is 18.4. The monoisotopic (exact) mass is 419 g/mol. The summed E-state index contributed by atoms with van der Waals surface area (Å²) in [4.78, 5) is 16.3. The molecule has 2 aromatic rings. The number of anilines is 2. The second-order valence-corrected chi connectivity index (χ2v) is 9.10. The normalized spacial score (nSPS) is 16.6. The average Bonchev–Trinajstić information content (AvgIpc) is 3.18. The maximum Gasteiger partial charge on any atom is 0.410 e. The molecule has 2 heterocycles. The lowest BCUT2D eigenvalue weighted by Gasteiger charge is -2.33. The number of likely N-dealkylation sites (tertiary alicyclic amines) is 1. The summed E-state index contributed by atoms with van der Waals surface area (Å²) in [6, 6.07) is 16.1. The molecular weight excluding hydrogens is 390 g/mol. The van der Waals surface area contributed by atoms with Crippen LogP contribution in [0.15, 0.2) is 42.5 Å². The predicted octanol–water partition coefficient (Wildman–Crippen LogP) is 5.03. The van der Waals surface area contributed by atoms with Crippen LogP contribution < -0.4 is 9.64 Å². The molecule has 2 aliphatic rings. The minimum absolute atomic E-state index is 0.0918. The summed E-state index contributed by atoms with van der Waals surface area (Å²) in [5.74, 6) is 0.935. The minimum atomic E-state index is -0.476. The first-order valence-corrected chi connectivity index (χ1v) is 10.9. The van der Waals surface area contributed by atoms with Crippen LogP contribution >= 0.6 is 0 Å². The Kier molecular flexibility index (Phi) is 5.77. The van der Waals surface area contributed by atoms with E-state index < -0.39 is 5.60 Å². The van der Waals surface area contributed by atoms with Gasteiger partial charge >= 0.3 is 6.09 Å². The molecule has 0 radical (unpaired) electrons. The molecule has 0 aromatic heterocycles. The van der Waals surface area contributed by atoms with E-state index in [-0.39, 0.29) is 12.2 Å². The van der Waals surface area contributed by atoms with E-state index in [1.165, 1.54) is 5.56 Å². The lowest BCUT2D eigenvalue weighted by atomic mass is 10.1. The van der Waals surface area contributed by atoms with Crippen molar-refractivity contribution in [3.63, 3.8) is 0 Å². The fourth-order valence-electron chi connectivity index (χ4n) is 4.16. The van der Waals surface area contributed by atoms with Crippen LogP contribution in [-0.2, 0) is 11.2 Å². The van der Waals surface area contributed by atoms with Crippen molar-refractivity contribution in [3.8, 4) is 11.8 Å². The van der Waals surface area contributed by atoms with E-state index in [4.69, 9.17) is 14.7 Å². The van der Waals surface area contributed by atoms with Gasteiger partial charge in [-0.25, -0.2) is 4.79 Å². The molecule has 1 saturated heterocycles. The number of ether oxygens (including phenoxy) is 2. The molecule has 2 aromatic carbocycles. The third kappa shape index (κ3) is 4.77. The Bertz CT molecular complexity index is 981. The summed E-state index contributed by atoms with van der Waals surface area (Å²) in [5.41, 5.74) is 3.66. The van der Waals surface area contributed by atoms with Gasteiger partial charge in [0.15, 0.2) is 0 Å². The number of fused-ring (bicyclic) bond motifs is 1. The smallest absolute Gasteiger partial charge is 0.410 e. The molecule has 0 unspecified atom stereocenters. The van der Waals surface area contributed by atoms with Gasteiger partial charge in [0.25, 0.3) is 0 Å². The molecular formula is C25H29N3O3. The first-order chi connectivity index (χ1) is 14.8. The highest BCUT2D eigenvalue weighted by molar-refractivity contribution is 5.72. The number of nitrogens with zero attached hydrogens (tertiary/aromatic N) is 3. The molecule has 6 nitrogen and oxygen atoms in total. The van der Waals surface area contributed by atoms with Crippen molar-refractivity contribution < 1.29 is 14.3 Å². The first-order valence-electron chi connectivity index (χ1n) is 10.9. The third-order valence-corrected chi connectivity index (χ3v) is 5.68. The van der Waals surface area contributed by atoms with E-state index >= 15 is 0 Å². The minimum Gasteiger partial charge on any atom is -0.490 e. The number of hydrogen-bond acceptors (Lipinski definition) is 5. The Labute approximate surface area is 184 Å². The van der Waals surface area contributed by atoms with Gasteiger partial charge in [-0.1, -0.05) is 6.07 Å². The van der Waals surface area contributed by atoms with Crippen LogP contribution in [0.2, 0.25) is 0 Å². The number of amides is 1. The van der Waals surface area contributed by atoms with Crippen molar-refractivity contribution in [2.75, 3.05) is 24.5 Å². The van der Waals surface area contributed by atoms with Crippen molar-refractivity contribution >= 4 is 17.5 Å². The van der Waals surface area contributed by atoms with Crippen LogP contribution in [0.1, 0.15) is 44.7 Å². The number of piperidine rings is 1. The van der Waals surface area contributed by atoms with Crippen LogP contribution in [-0.4, -0.2) is 42.3 Å². The van der Waals surface area contributed by atoms with Crippen LogP contribution in [0.5, 0.6) is 5.75 Å². The Morgan fingerprint density at radius 2 is 1.77 bits per heavy atom. The molecule has 1 fully saturated rings. The molecule has 0 N–H and O–H groups in total. The van der Waals surface area contributed by atoms with Crippen molar-refractivity contribution in [2.24, 2.45) is 0 Å². The number of rotatable bonds is 3. The highest BCUT2D eigenvalue weighted by Crippen LogP contribution is 2.40. The molecule has 0 spiro atoms. The van der Waals surface area contributed by atoms with E-state index in [2.05, 4.69) is 17.0 Å². The Morgan fingerprint density at radius 1 is 1.06 bits per heavy atom. The van der Waals surface area contributed by atoms with Gasteiger partial charge < -0.3 is 19.3 Å². The number of nitriles is 1. The standard InChI is InChI=1S/C25H29N3O3/c1-25(2,3)31-24(29)27-14-11-20(12-15-27)30-23-6-4-5-22-21(23)13-16-28(22)19-9-7-18(17-26)8-10-19/h4-10,20H,11-16H2,1-3H3. The van der Waals surface area contributed by atoms with Gasteiger partial charge in [0.05, 0.1) is 11.6 Å². The third-order valence-electron chi connectivity index (χ3n) is 5.68. The summed E-state index contributed by atoms with van der Waals surface area (Å²) >= 11 is 0. The summed E-state index contributed by atoms with van der Waals surface area (Å²) in [5, 5.41) is 9.03. The van der Waals surface area contributed by atoms with Gasteiger partial charge in [-0.15, -0.1) is 0 Å². The van der Waals surface area contributed by atoms with Gasteiger partial charge in [-0.2, -0.15) is 5.26 Å². The molecule has 6 heteroatoms. The number of benzene rings is 2. The molecule has 4 rings (SSSR count). The maximum absolute atomic E-state index is 12.3. The van der Waals surface area contributed by atoms with Crippen molar-refractivity contribution in [1.29, 1.82) is 5.26 Å². The lowest BCUT2D eigenvalue weighted by molar-refractivity contribution is 0.0126. The van der Waals surface area contributed by atoms with Gasteiger partial charge in [0.1, 0.15) is 17.5 Å². The van der Waals surface area contributed by atoms with E-state index in [0.29, 0.717) is 18.7 Å². The van der Waals surface area contributed by atoms with Gasteiger partial charge in [0, 0.05) is 49.4 Å². The molecule has 31 heavy (non-hydrogen) atoms. The van der Waals surface area contributed by atoms with Crippen molar-refractivity contribution in [3.05, 3.63) is 53.6 Å². The van der Waals surface area contributed by atoms with Crippen LogP contribution in [0, 0.1) is 11.3 Å². The quantitative estimate of drug-likeness (QED) is 0.698. The summed E-state index contributed by atoms with van der Waals surface area (Å²) in [6.45, 7) is 7.84. The van der Waals surface area contributed by atoms with Crippen molar-refractivity contribution in [2.45, 2.75) is 51.7 Å². The van der Waals surface area contributed by atoms with Gasteiger partial charge in [-0.05, 0) is 63.6 Å². The summed E-state index contributed by atoms with van der Waals surface area (Å²) in [6.07, 6.45) is 2.35. The second kappa shape index (κ2) is 8.50. The van der Waals surface area contributed by atoms with Crippen molar-refractivity contribution in [1.82, 2.24) is 4.90 Å². The summed E-state index contributed by atoms with van der Waals surface area (Å²) in [7, 11) is 0. The highest BCUT2D eigenvalue weighted by atomic mass is 16.6. The predicted molar refractivity (Wildman–Crippen MR) is 120 cm³/mol. The molecule has 0 atom stereocenters. The molecule has 1 amide bonds. The van der Waals surface area contributed by atoms with Gasteiger partial charge in [-0.3, -0.25) is 0 Å². The van der Waals surface area contributed by atoms with E-state index in [1.807, 2.05) is 57.2 Å². The topological polar surface area (TPSA) is 65.8 Å². The zero-order valence-electron chi connectivity index (χ0n) is 18.4. The van der Waals surface area contributed by atoms with E-state index in [0.717, 1.165) is 42.9 Å². The Morgan fingerprint density at radius 3 is 2.42 bits per heavy atom. The summed E-state index contributed by atoms with van der Waals surface area (Å²) < 4.78 is 11.9. The van der Waals surface area contributed by atoms with Crippen LogP contribution in [0.25, 0.3) is 0 Å². The molecule has 0 bridgehead atoms. The molecule has 162 valence electrons. The molecule has 0 aliphatic carbocycles. The van der Waals surface area contributed by atoms with Gasteiger partial charge in [0.2, 0.25) is 0 Å². The lowest BCUT2D eigenvalue weighted by Crippen LogP contribution is -2.44. The SMILES string of the molecule is CC(C)(C)OC(=O)N1CCC(Oc2cccc3c2CCN3c2ccc(C#N)cc2)CC1. The van der Waals surface area contributed by atoms with Crippen LogP contribution in [0.4, 0.5) is 16.2 Å². The molecule has 0 saturated carbocycles. The fourth-order valence-corrected chi connectivity index (χ4v) is 4.16. The number of carbonyl (C=O) groups excluding carboxylic acids is 1. The van der Waals surface area contributed by atoms with Crippen LogP contribution in [0.3, 0.4) is 0 Å². The van der Waals surface area contributed by atoms with E-state index in [1.54, 1.807) is 4.90 Å². The zero-order chi connectivity index (χ0) is 22.0. The number of carbonyl (C=O) groups is 1. The Hall–Kier alpha value is -3.20. The first kappa shape index (κ1) is 21.0. The maximum atomic E-state index is 12.3. The number of hydrogen-bond donors (Lipinski definition) is 0. The van der Waals surface area contributed by atoms with E-state index in [9.17, 15) is 4.79 Å². The largest absolute Gasteiger partial charge is 0.490 e. The molecule has 2 aliphatic heterocycles. The average molecular weight is 420 g/mol.